The molecule has 1 aliphatic rings. The first-order valence-electron chi connectivity index (χ1n) is 6.81. The molecule has 2 amide bonds. The molecule has 1 aromatic rings. The van der Waals surface area contributed by atoms with E-state index in [1.54, 1.807) is 18.2 Å². The zero-order valence-electron chi connectivity index (χ0n) is 12.1. The minimum Gasteiger partial charge on any atom is -0.489 e. The summed E-state index contributed by atoms with van der Waals surface area (Å²) in [6.45, 7) is 1.65. The van der Waals surface area contributed by atoms with E-state index in [0.29, 0.717) is 18.5 Å². The van der Waals surface area contributed by atoms with Crippen molar-refractivity contribution in [3.8, 4) is 5.75 Å². The molecule has 3 N–H and O–H groups in total. The van der Waals surface area contributed by atoms with E-state index in [0.717, 1.165) is 11.3 Å². The van der Waals surface area contributed by atoms with Crippen molar-refractivity contribution in [1.29, 1.82) is 0 Å². The van der Waals surface area contributed by atoms with E-state index in [2.05, 4.69) is 10.6 Å². The fourth-order valence-corrected chi connectivity index (χ4v) is 2.12. The quantitative estimate of drug-likeness (QED) is 0.779. The fraction of sp³-hybridized carbons (Fsp3) is 0.333. The first-order chi connectivity index (χ1) is 10.5. The van der Waals surface area contributed by atoms with Crippen LogP contribution in [0.4, 0.5) is 14.9 Å². The number of halogens is 1. The summed E-state index contributed by atoms with van der Waals surface area (Å²) < 4.78 is 18.1. The number of nitrogens with one attached hydrogen (secondary N) is 2. The van der Waals surface area contributed by atoms with Gasteiger partial charge in [-0.1, -0.05) is 6.92 Å². The minimum atomic E-state index is -1.22. The van der Waals surface area contributed by atoms with Gasteiger partial charge in [0.2, 0.25) is 5.91 Å². The number of ether oxygens (including phenoxy) is 1. The fourth-order valence-electron chi connectivity index (χ4n) is 2.12. The Morgan fingerprint density at radius 1 is 1.59 bits per heavy atom. The monoisotopic (exact) mass is 308 g/mol. The molecular formula is C15H17FN2O4. The van der Waals surface area contributed by atoms with Gasteiger partial charge in [-0.2, -0.15) is 0 Å². The van der Waals surface area contributed by atoms with Gasteiger partial charge in [-0.25, -0.2) is 9.18 Å². The van der Waals surface area contributed by atoms with Gasteiger partial charge in [0.1, 0.15) is 12.4 Å². The molecule has 0 spiro atoms. The van der Waals surface area contributed by atoms with E-state index in [1.165, 1.54) is 0 Å². The molecule has 1 aliphatic heterocycles. The van der Waals surface area contributed by atoms with Crippen LogP contribution < -0.4 is 15.4 Å². The van der Waals surface area contributed by atoms with Crippen LogP contribution in [-0.2, 0) is 11.2 Å². The van der Waals surface area contributed by atoms with Gasteiger partial charge in [0.25, 0.3) is 0 Å². The highest BCUT2D eigenvalue weighted by Crippen LogP contribution is 2.29. The Labute approximate surface area is 127 Å². The molecule has 0 saturated carbocycles. The van der Waals surface area contributed by atoms with Crippen LogP contribution in [-0.4, -0.2) is 30.3 Å². The second-order valence-corrected chi connectivity index (χ2v) is 5.13. The van der Waals surface area contributed by atoms with Crippen LogP contribution in [0.2, 0.25) is 0 Å². The maximum atomic E-state index is 12.7. The van der Waals surface area contributed by atoms with Crippen molar-refractivity contribution in [2.24, 2.45) is 5.92 Å². The third-order valence-corrected chi connectivity index (χ3v) is 3.35. The number of fused-ring (bicyclic) bond motifs is 1. The van der Waals surface area contributed by atoms with E-state index in [4.69, 9.17) is 9.84 Å². The molecule has 6 nitrogen and oxygen atoms in total. The smallest absolute Gasteiger partial charge is 0.404 e. The Balaban J connectivity index is 1.98. The predicted molar refractivity (Wildman–Crippen MR) is 78.7 cm³/mol. The third kappa shape index (κ3) is 3.97. The van der Waals surface area contributed by atoms with Gasteiger partial charge in [-0.05, 0) is 30.2 Å². The molecule has 2 rings (SSSR count). The molecule has 0 fully saturated rings. The summed E-state index contributed by atoms with van der Waals surface area (Å²) in [6.07, 6.45) is -0.278. The Bertz CT molecular complexity index is 616. The first-order valence-corrected chi connectivity index (χ1v) is 6.81. The number of carboxylic acid groups (broad SMARTS) is 1. The minimum absolute atomic E-state index is 0.0106. The number of benzene rings is 1. The standard InChI is InChI=1S/C15H17FN2O4/c1-9-4-11-5-12(2-3-13(11)18-14(9)19)22-8-10(6-16)7-17-15(20)21/h2-3,5-6,9,17H,4,7-8H2,1H3,(H,18,19)(H,20,21)/b10-6-. The molecule has 1 atom stereocenters. The van der Waals surface area contributed by atoms with Crippen LogP contribution in [0.25, 0.3) is 0 Å². The number of hydrogen-bond donors (Lipinski definition) is 3. The lowest BCUT2D eigenvalue weighted by atomic mass is 9.95. The van der Waals surface area contributed by atoms with Gasteiger partial charge in [0, 0.05) is 23.7 Å². The van der Waals surface area contributed by atoms with Crippen molar-refractivity contribution >= 4 is 17.7 Å². The molecule has 0 aromatic heterocycles. The topological polar surface area (TPSA) is 87.7 Å². The number of rotatable bonds is 5. The van der Waals surface area contributed by atoms with Gasteiger partial charge in [-0.15, -0.1) is 0 Å². The predicted octanol–water partition coefficient (Wildman–Crippen LogP) is 2.32. The third-order valence-electron chi connectivity index (χ3n) is 3.35. The van der Waals surface area contributed by atoms with Crippen molar-refractivity contribution in [3.05, 3.63) is 35.7 Å². The van der Waals surface area contributed by atoms with Crippen molar-refractivity contribution in [3.63, 3.8) is 0 Å². The van der Waals surface area contributed by atoms with Crippen molar-refractivity contribution in [2.75, 3.05) is 18.5 Å². The molecule has 0 bridgehead atoms. The molecule has 1 aromatic carbocycles. The largest absolute Gasteiger partial charge is 0.489 e. The highest BCUT2D eigenvalue weighted by Gasteiger charge is 2.22. The van der Waals surface area contributed by atoms with Gasteiger partial charge < -0.3 is 20.5 Å². The lowest BCUT2D eigenvalue weighted by Crippen LogP contribution is -2.27. The summed E-state index contributed by atoms with van der Waals surface area (Å²) in [5, 5.41) is 13.4. The maximum absolute atomic E-state index is 12.7. The van der Waals surface area contributed by atoms with E-state index < -0.39 is 6.09 Å². The summed E-state index contributed by atoms with van der Waals surface area (Å²) in [4.78, 5) is 22.0. The van der Waals surface area contributed by atoms with E-state index in [1.807, 2.05) is 6.92 Å². The average Bonchev–Trinajstić information content (AvgIpc) is 2.48. The number of carbonyl (C=O) groups is 2. The Morgan fingerprint density at radius 3 is 3.05 bits per heavy atom. The Kier molecular flexibility index (Phi) is 4.98. The van der Waals surface area contributed by atoms with Gasteiger partial charge in [0.05, 0.1) is 6.33 Å². The van der Waals surface area contributed by atoms with E-state index >= 15 is 0 Å². The average molecular weight is 308 g/mol. The van der Waals surface area contributed by atoms with Gasteiger partial charge >= 0.3 is 6.09 Å². The van der Waals surface area contributed by atoms with E-state index in [-0.39, 0.29) is 30.5 Å². The number of amides is 2. The van der Waals surface area contributed by atoms with Crippen molar-refractivity contribution in [2.45, 2.75) is 13.3 Å². The molecular weight excluding hydrogens is 291 g/mol. The van der Waals surface area contributed by atoms with Crippen LogP contribution in [0.1, 0.15) is 12.5 Å². The van der Waals surface area contributed by atoms with Crippen LogP contribution in [0.3, 0.4) is 0 Å². The molecule has 7 heteroatoms. The number of carbonyl (C=O) groups excluding carboxylic acids is 1. The Morgan fingerprint density at radius 2 is 2.36 bits per heavy atom. The molecule has 0 radical (unpaired) electrons. The van der Waals surface area contributed by atoms with Crippen LogP contribution in [0.15, 0.2) is 30.1 Å². The summed E-state index contributed by atoms with van der Waals surface area (Å²) >= 11 is 0. The number of anilines is 1. The highest BCUT2D eigenvalue weighted by molar-refractivity contribution is 5.95. The Hall–Kier alpha value is -2.57. The lowest BCUT2D eigenvalue weighted by molar-refractivity contribution is -0.119. The van der Waals surface area contributed by atoms with Crippen LogP contribution in [0.5, 0.6) is 5.75 Å². The van der Waals surface area contributed by atoms with Crippen molar-refractivity contribution < 1.29 is 23.8 Å². The summed E-state index contributed by atoms with van der Waals surface area (Å²) in [5.41, 5.74) is 1.89. The molecule has 0 aliphatic carbocycles. The molecule has 22 heavy (non-hydrogen) atoms. The molecule has 0 saturated heterocycles. The van der Waals surface area contributed by atoms with Crippen LogP contribution in [0, 0.1) is 5.92 Å². The molecule has 1 unspecified atom stereocenters. The molecule has 1 heterocycles. The number of hydrogen-bond acceptors (Lipinski definition) is 3. The summed E-state index contributed by atoms with van der Waals surface area (Å²) in [5.74, 6) is 0.421. The van der Waals surface area contributed by atoms with Gasteiger partial charge in [0.15, 0.2) is 0 Å². The van der Waals surface area contributed by atoms with Crippen LogP contribution >= 0.6 is 0 Å². The normalized spacial score (nSPS) is 17.5. The van der Waals surface area contributed by atoms with Crippen molar-refractivity contribution in [1.82, 2.24) is 5.32 Å². The molecule has 118 valence electrons. The van der Waals surface area contributed by atoms with Gasteiger partial charge in [-0.3, -0.25) is 4.79 Å². The van der Waals surface area contributed by atoms with E-state index in [9.17, 15) is 14.0 Å². The highest BCUT2D eigenvalue weighted by atomic mass is 19.1. The lowest BCUT2D eigenvalue weighted by Gasteiger charge is -2.22. The summed E-state index contributed by atoms with van der Waals surface area (Å²) in [7, 11) is 0. The summed E-state index contributed by atoms with van der Waals surface area (Å²) in [6, 6.07) is 5.21. The first kappa shape index (κ1) is 15.8. The zero-order valence-corrected chi connectivity index (χ0v) is 12.1. The SMILES string of the molecule is CC1Cc2cc(OC/C(=C\F)CNC(=O)O)ccc2NC1=O. The maximum Gasteiger partial charge on any atom is 0.404 e. The second kappa shape index (κ2) is 6.93. The zero-order chi connectivity index (χ0) is 16.1. The second-order valence-electron chi connectivity index (χ2n) is 5.13.